The van der Waals surface area contributed by atoms with Gasteiger partial charge in [0.15, 0.2) is 0 Å². The van der Waals surface area contributed by atoms with Gasteiger partial charge in [0.25, 0.3) is 0 Å². The molecule has 0 rings (SSSR count). The van der Waals surface area contributed by atoms with Gasteiger partial charge in [-0.3, -0.25) is 0 Å². The van der Waals surface area contributed by atoms with Gasteiger partial charge in [0, 0.05) is 21.3 Å². The molecule has 0 heterocycles. The summed E-state index contributed by atoms with van der Waals surface area (Å²) in [4.78, 5) is 0. The fraction of sp³-hybridized carbons (Fsp3) is 1.00. The Morgan fingerprint density at radius 3 is 1.25 bits per heavy atom. The van der Waals surface area contributed by atoms with Crippen molar-refractivity contribution in [3.63, 3.8) is 0 Å². The van der Waals surface area contributed by atoms with E-state index in [1.165, 1.54) is 0 Å². The summed E-state index contributed by atoms with van der Waals surface area (Å²) in [6.45, 7) is 0. The Morgan fingerprint density at radius 1 is 1.00 bits per heavy atom. The van der Waals surface area contributed by atoms with Crippen LogP contribution in [-0.4, -0.2) is 30.9 Å². The first-order chi connectivity index (χ1) is 3.35. The Kier molecular flexibility index (Phi) is 12.0. The zero-order valence-electron chi connectivity index (χ0n) is 6.80. The molecule has 46 valence electrons. The van der Waals surface area contributed by atoms with Crippen molar-refractivity contribution in [2.45, 2.75) is 0 Å². The summed E-state index contributed by atoms with van der Waals surface area (Å²) < 4.78 is 14.2. The normalized spacial score (nSPS) is 9.00. The van der Waals surface area contributed by atoms with Crippen molar-refractivity contribution in [2.24, 2.45) is 0 Å². The van der Waals surface area contributed by atoms with E-state index < -0.39 is 9.53 Å². The van der Waals surface area contributed by atoms with Crippen LogP contribution >= 0.6 is 0 Å². The average molecular weight is 146 g/mol. The molecular weight excluding hydrogens is 135 g/mol. The van der Waals surface area contributed by atoms with Crippen molar-refractivity contribution in [1.29, 1.82) is 0 Å². The maximum atomic E-state index is 4.74. The van der Waals surface area contributed by atoms with E-state index in [0.717, 1.165) is 0 Å². The van der Waals surface area contributed by atoms with Gasteiger partial charge < -0.3 is 14.7 Å². The molecule has 0 radical (unpaired) electrons. The van der Waals surface area contributed by atoms with Crippen molar-refractivity contribution in [3.8, 4) is 0 Å². The molecule has 0 saturated heterocycles. The molecule has 0 bridgehead atoms. The molecule has 0 N–H and O–H groups in total. The predicted octanol–water partition coefficient (Wildman–Crippen LogP) is -3.24. The van der Waals surface area contributed by atoms with Crippen LogP contribution in [0.25, 0.3) is 0 Å². The molecule has 0 atom stereocenters. The number of hydrogen-bond donors (Lipinski definition) is 0. The van der Waals surface area contributed by atoms with Crippen LogP contribution < -0.4 is 29.6 Å². The molecule has 0 aromatic carbocycles. The van der Waals surface area contributed by atoms with Crippen LogP contribution in [0.2, 0.25) is 0 Å². The molecule has 3 nitrogen and oxygen atoms in total. The van der Waals surface area contributed by atoms with E-state index in [9.17, 15) is 0 Å². The molecule has 0 amide bonds. The molecule has 0 aromatic rings. The topological polar surface area (TPSA) is 27.7 Å². The van der Waals surface area contributed by atoms with E-state index in [0.29, 0.717) is 0 Å². The van der Waals surface area contributed by atoms with Crippen LogP contribution in [0.3, 0.4) is 0 Å². The van der Waals surface area contributed by atoms with Gasteiger partial charge in [-0.05, 0) is 0 Å². The first kappa shape index (κ1) is 11.8. The molecule has 0 aromatic heterocycles. The van der Waals surface area contributed by atoms with Gasteiger partial charge >= 0.3 is 39.1 Å². The Balaban J connectivity index is -0.000000180. The summed E-state index contributed by atoms with van der Waals surface area (Å²) >= 11 is 0. The Labute approximate surface area is 75.1 Å². The van der Waals surface area contributed by atoms with Crippen LogP contribution in [-0.2, 0) is 13.3 Å². The van der Waals surface area contributed by atoms with E-state index in [2.05, 4.69) is 0 Å². The quantitative estimate of drug-likeness (QED) is 0.392. The van der Waals surface area contributed by atoms with Crippen molar-refractivity contribution >= 4 is 9.53 Å². The van der Waals surface area contributed by atoms with Gasteiger partial charge in [-0.15, -0.1) is 0 Å². The molecule has 0 aliphatic carbocycles. The molecule has 5 heteroatoms. The van der Waals surface area contributed by atoms with Crippen LogP contribution in [0.4, 0.5) is 0 Å². The summed E-state index contributed by atoms with van der Waals surface area (Å²) in [5, 5.41) is 0. The molecular formula is C3H11NaO3Si. The van der Waals surface area contributed by atoms with Gasteiger partial charge in [-0.1, -0.05) is 0 Å². The third-order valence-electron chi connectivity index (χ3n) is 0.577. The summed E-state index contributed by atoms with van der Waals surface area (Å²) in [5.74, 6) is 0. The summed E-state index contributed by atoms with van der Waals surface area (Å²) in [6.07, 6.45) is 0. The van der Waals surface area contributed by atoms with Crippen LogP contribution in [0.5, 0.6) is 0 Å². The molecule has 0 saturated carbocycles. The number of rotatable bonds is 3. The largest absolute Gasteiger partial charge is 1.00 e. The van der Waals surface area contributed by atoms with Crippen molar-refractivity contribution in [3.05, 3.63) is 0 Å². The van der Waals surface area contributed by atoms with Gasteiger partial charge in [-0.25, -0.2) is 0 Å². The fourth-order valence-corrected chi connectivity index (χ4v) is 0.866. The van der Waals surface area contributed by atoms with Crippen molar-refractivity contribution in [1.82, 2.24) is 0 Å². The first-order valence-electron chi connectivity index (χ1n) is 1.93. The second kappa shape index (κ2) is 8.10. The summed E-state index contributed by atoms with van der Waals surface area (Å²) in [5.41, 5.74) is 0. The zero-order chi connectivity index (χ0) is 5.70. The minimum atomic E-state index is -1.67. The van der Waals surface area contributed by atoms with Crippen molar-refractivity contribution in [2.75, 3.05) is 21.3 Å². The van der Waals surface area contributed by atoms with E-state index in [1.54, 1.807) is 21.3 Å². The van der Waals surface area contributed by atoms with Gasteiger partial charge in [0.2, 0.25) is 0 Å². The van der Waals surface area contributed by atoms with E-state index in [4.69, 9.17) is 13.3 Å². The fourth-order valence-electron chi connectivity index (χ4n) is 0.289. The Hall–Kier alpha value is 1.10. The molecule has 0 unspecified atom stereocenters. The third kappa shape index (κ3) is 5.24. The van der Waals surface area contributed by atoms with Gasteiger partial charge in [0.05, 0.1) is 0 Å². The maximum absolute atomic E-state index is 4.74. The van der Waals surface area contributed by atoms with Gasteiger partial charge in [-0.2, -0.15) is 0 Å². The minimum Gasteiger partial charge on any atom is -1.00 e. The SMILES string of the molecule is CO[SiH](OC)OC.[H-].[Na+]. The Morgan fingerprint density at radius 2 is 1.25 bits per heavy atom. The zero-order valence-corrected chi connectivity index (χ0v) is 8.96. The van der Waals surface area contributed by atoms with E-state index in [1.807, 2.05) is 0 Å². The molecule has 0 aliphatic rings. The molecule has 0 fully saturated rings. The maximum Gasteiger partial charge on any atom is 1.00 e. The van der Waals surface area contributed by atoms with E-state index >= 15 is 0 Å². The first-order valence-corrected chi connectivity index (χ1v) is 3.35. The van der Waals surface area contributed by atoms with Crippen LogP contribution in [0.1, 0.15) is 1.43 Å². The Bertz CT molecular complexity index is 40.5. The second-order valence-corrected chi connectivity index (χ2v) is 2.99. The summed E-state index contributed by atoms with van der Waals surface area (Å²) in [6, 6.07) is 0. The minimum absolute atomic E-state index is 0. The molecule has 8 heavy (non-hydrogen) atoms. The monoisotopic (exact) mass is 146 g/mol. The second-order valence-electron chi connectivity index (χ2n) is 0.996. The smallest absolute Gasteiger partial charge is 1.00 e. The summed E-state index contributed by atoms with van der Waals surface area (Å²) in [7, 11) is 3.05. The van der Waals surface area contributed by atoms with Gasteiger partial charge in [0.1, 0.15) is 0 Å². The molecule has 0 aliphatic heterocycles. The third-order valence-corrected chi connectivity index (χ3v) is 1.73. The average Bonchev–Trinajstić information content (AvgIpc) is 1.72. The predicted molar refractivity (Wildman–Crippen MR) is 29.3 cm³/mol. The van der Waals surface area contributed by atoms with Crippen molar-refractivity contribution < 1.29 is 44.3 Å². The molecule has 0 spiro atoms. The standard InChI is InChI=1S/C3H10O3Si.Na.H/c1-4-7(5-2)6-3;;/h7H,1-3H3;;/q;+1;-1. The van der Waals surface area contributed by atoms with E-state index in [-0.39, 0.29) is 31.0 Å². The number of hydrogen-bond acceptors (Lipinski definition) is 3. The van der Waals surface area contributed by atoms with Crippen LogP contribution in [0, 0.1) is 0 Å². The van der Waals surface area contributed by atoms with Crippen LogP contribution in [0.15, 0.2) is 0 Å².